The Labute approximate surface area is 175 Å². The van der Waals surface area contributed by atoms with E-state index in [1.807, 2.05) is 32.9 Å². The van der Waals surface area contributed by atoms with Crippen LogP contribution in [0.25, 0.3) is 0 Å². The maximum absolute atomic E-state index is 12.6. The van der Waals surface area contributed by atoms with Gasteiger partial charge in [0.1, 0.15) is 5.03 Å². The summed E-state index contributed by atoms with van der Waals surface area (Å²) in [4.78, 5) is 32.1. The predicted molar refractivity (Wildman–Crippen MR) is 111 cm³/mol. The van der Waals surface area contributed by atoms with E-state index in [4.69, 9.17) is 9.47 Å². The van der Waals surface area contributed by atoms with Crippen LogP contribution in [0.4, 0.5) is 0 Å². The van der Waals surface area contributed by atoms with E-state index < -0.39 is 5.97 Å². The molecule has 6 nitrogen and oxygen atoms in total. The van der Waals surface area contributed by atoms with Crippen molar-refractivity contribution in [1.82, 2.24) is 9.88 Å². The Morgan fingerprint density at radius 2 is 1.90 bits per heavy atom. The molecule has 1 amide bonds. The van der Waals surface area contributed by atoms with Gasteiger partial charge in [-0.15, -0.1) is 0 Å². The monoisotopic (exact) mass is 414 g/mol. The highest BCUT2D eigenvalue weighted by molar-refractivity contribution is 7.99. The number of hydrogen-bond acceptors (Lipinski definition) is 6. The summed E-state index contributed by atoms with van der Waals surface area (Å²) in [7, 11) is 0. The van der Waals surface area contributed by atoms with Gasteiger partial charge in [0.15, 0.2) is 6.61 Å². The average Bonchev–Trinajstić information content (AvgIpc) is 2.68. The molecule has 7 heteroatoms. The Kier molecular flexibility index (Phi) is 6.92. The highest BCUT2D eigenvalue weighted by Gasteiger charge is 2.27. The molecule has 0 saturated carbocycles. The molecule has 1 aromatic heterocycles. The number of morpholine rings is 1. The van der Waals surface area contributed by atoms with Crippen molar-refractivity contribution in [2.45, 2.75) is 49.8 Å². The molecule has 0 radical (unpaired) electrons. The third-order valence-electron chi connectivity index (χ3n) is 4.78. The second kappa shape index (κ2) is 9.41. The fraction of sp³-hybridized carbons (Fsp3) is 0.409. The average molecular weight is 415 g/mol. The van der Waals surface area contributed by atoms with Crippen LogP contribution in [0.1, 0.15) is 35.3 Å². The number of rotatable bonds is 5. The SMILES string of the molecule is Cc1ccc(Sc2ncccc2C(=O)OCC(=O)N2C[C@@H](C)O[C@@H](C)C2)cc1C. The van der Waals surface area contributed by atoms with E-state index in [9.17, 15) is 9.59 Å². The number of benzene rings is 1. The van der Waals surface area contributed by atoms with Crippen LogP contribution in [0.5, 0.6) is 0 Å². The fourth-order valence-electron chi connectivity index (χ4n) is 3.19. The number of carbonyl (C=O) groups excluding carboxylic acids is 2. The van der Waals surface area contributed by atoms with Crippen molar-refractivity contribution in [3.8, 4) is 0 Å². The Morgan fingerprint density at radius 3 is 2.59 bits per heavy atom. The minimum absolute atomic E-state index is 0.0299. The van der Waals surface area contributed by atoms with Crippen molar-refractivity contribution in [3.63, 3.8) is 0 Å². The summed E-state index contributed by atoms with van der Waals surface area (Å²) < 4.78 is 10.9. The smallest absolute Gasteiger partial charge is 0.341 e. The summed E-state index contributed by atoms with van der Waals surface area (Å²) in [5.41, 5.74) is 2.74. The third kappa shape index (κ3) is 5.58. The normalized spacial score (nSPS) is 19.1. The van der Waals surface area contributed by atoms with Crippen LogP contribution in [0, 0.1) is 13.8 Å². The summed E-state index contributed by atoms with van der Waals surface area (Å²) >= 11 is 1.40. The van der Waals surface area contributed by atoms with Crippen molar-refractivity contribution in [1.29, 1.82) is 0 Å². The van der Waals surface area contributed by atoms with Crippen LogP contribution in [-0.2, 0) is 14.3 Å². The first-order chi connectivity index (χ1) is 13.8. The molecule has 0 spiro atoms. The zero-order chi connectivity index (χ0) is 21.0. The Hall–Kier alpha value is -2.38. The number of carbonyl (C=O) groups is 2. The molecule has 1 aromatic carbocycles. The van der Waals surface area contributed by atoms with Crippen LogP contribution in [0.3, 0.4) is 0 Å². The van der Waals surface area contributed by atoms with Crippen molar-refractivity contribution in [2.75, 3.05) is 19.7 Å². The number of ether oxygens (including phenoxy) is 2. The van der Waals surface area contributed by atoms with Gasteiger partial charge in [-0.25, -0.2) is 9.78 Å². The molecule has 3 rings (SSSR count). The quantitative estimate of drug-likeness (QED) is 0.696. The van der Waals surface area contributed by atoms with Crippen LogP contribution in [0.2, 0.25) is 0 Å². The van der Waals surface area contributed by atoms with Gasteiger partial charge in [-0.2, -0.15) is 0 Å². The Bertz CT molecular complexity index is 892. The van der Waals surface area contributed by atoms with Gasteiger partial charge in [-0.05, 0) is 63.1 Å². The first-order valence-corrected chi connectivity index (χ1v) is 10.5. The van der Waals surface area contributed by atoms with E-state index >= 15 is 0 Å². The second-order valence-electron chi connectivity index (χ2n) is 7.34. The molecule has 2 atom stereocenters. The molecule has 1 fully saturated rings. The topological polar surface area (TPSA) is 68.7 Å². The van der Waals surface area contributed by atoms with Crippen molar-refractivity contribution < 1.29 is 19.1 Å². The molecular weight excluding hydrogens is 388 g/mol. The van der Waals surface area contributed by atoms with Gasteiger partial charge in [0, 0.05) is 24.2 Å². The molecule has 2 aromatic rings. The first-order valence-electron chi connectivity index (χ1n) is 9.64. The largest absolute Gasteiger partial charge is 0.452 e. The molecule has 0 aliphatic carbocycles. The number of pyridine rings is 1. The molecule has 1 aliphatic heterocycles. The van der Waals surface area contributed by atoms with Crippen molar-refractivity contribution in [2.24, 2.45) is 0 Å². The lowest BCUT2D eigenvalue weighted by Gasteiger charge is -2.35. The molecule has 1 aliphatic rings. The Balaban J connectivity index is 1.65. The lowest BCUT2D eigenvalue weighted by Crippen LogP contribution is -2.49. The van der Waals surface area contributed by atoms with E-state index in [2.05, 4.69) is 18.0 Å². The zero-order valence-corrected chi connectivity index (χ0v) is 18.0. The van der Waals surface area contributed by atoms with Gasteiger partial charge in [-0.1, -0.05) is 17.8 Å². The third-order valence-corrected chi connectivity index (χ3v) is 5.79. The summed E-state index contributed by atoms with van der Waals surface area (Å²) in [5, 5.41) is 0.557. The molecule has 0 unspecified atom stereocenters. The molecule has 0 bridgehead atoms. The minimum Gasteiger partial charge on any atom is -0.452 e. The van der Waals surface area contributed by atoms with Crippen LogP contribution in [0.15, 0.2) is 46.5 Å². The lowest BCUT2D eigenvalue weighted by molar-refractivity contribution is -0.146. The van der Waals surface area contributed by atoms with Gasteiger partial charge in [0.2, 0.25) is 0 Å². The number of aromatic nitrogens is 1. The highest BCUT2D eigenvalue weighted by Crippen LogP contribution is 2.30. The zero-order valence-electron chi connectivity index (χ0n) is 17.2. The van der Waals surface area contributed by atoms with Crippen LogP contribution in [-0.4, -0.2) is 53.7 Å². The highest BCUT2D eigenvalue weighted by atomic mass is 32.2. The number of hydrogen-bond donors (Lipinski definition) is 0. The van der Waals surface area contributed by atoms with Gasteiger partial charge in [0.05, 0.1) is 17.8 Å². The number of aryl methyl sites for hydroxylation is 2. The molecule has 2 heterocycles. The predicted octanol–water partition coefficient (Wildman–Crippen LogP) is 3.64. The summed E-state index contributed by atoms with van der Waals surface area (Å²) in [6.45, 7) is 8.66. The van der Waals surface area contributed by atoms with E-state index in [0.717, 1.165) is 4.90 Å². The maximum Gasteiger partial charge on any atom is 0.341 e. The second-order valence-corrected chi connectivity index (χ2v) is 8.40. The van der Waals surface area contributed by atoms with E-state index in [1.165, 1.54) is 22.9 Å². The fourth-order valence-corrected chi connectivity index (χ4v) is 4.16. The number of amides is 1. The Morgan fingerprint density at radius 1 is 1.17 bits per heavy atom. The molecule has 29 heavy (non-hydrogen) atoms. The van der Waals surface area contributed by atoms with Gasteiger partial charge >= 0.3 is 5.97 Å². The van der Waals surface area contributed by atoms with Crippen molar-refractivity contribution >= 4 is 23.6 Å². The number of nitrogens with zero attached hydrogens (tertiary/aromatic N) is 2. The van der Waals surface area contributed by atoms with E-state index in [0.29, 0.717) is 23.7 Å². The molecular formula is C22H26N2O4S. The lowest BCUT2D eigenvalue weighted by atomic mass is 10.1. The van der Waals surface area contributed by atoms with Crippen LogP contribution < -0.4 is 0 Å². The number of esters is 1. The van der Waals surface area contributed by atoms with Gasteiger partial charge < -0.3 is 14.4 Å². The molecule has 0 N–H and O–H groups in total. The summed E-state index contributed by atoms with van der Waals surface area (Å²) in [6.07, 6.45) is 1.58. The van der Waals surface area contributed by atoms with Gasteiger partial charge in [0.25, 0.3) is 5.91 Å². The van der Waals surface area contributed by atoms with E-state index in [-0.39, 0.29) is 24.7 Å². The van der Waals surface area contributed by atoms with Gasteiger partial charge in [-0.3, -0.25) is 4.79 Å². The molecule has 154 valence electrons. The van der Waals surface area contributed by atoms with Crippen LogP contribution >= 0.6 is 11.8 Å². The standard InChI is InChI=1S/C22H26N2O4S/c1-14-7-8-18(10-15(14)2)29-21-19(6-5-9-23-21)22(26)27-13-20(25)24-11-16(3)28-17(4)12-24/h5-10,16-17H,11-13H2,1-4H3/t16-,17+. The van der Waals surface area contributed by atoms with E-state index in [1.54, 1.807) is 23.2 Å². The maximum atomic E-state index is 12.6. The summed E-state index contributed by atoms with van der Waals surface area (Å²) in [6, 6.07) is 9.47. The molecule has 1 saturated heterocycles. The van der Waals surface area contributed by atoms with Crippen molar-refractivity contribution in [3.05, 3.63) is 53.2 Å². The minimum atomic E-state index is -0.549. The first kappa shape index (κ1) is 21.3. The summed E-state index contributed by atoms with van der Waals surface area (Å²) in [5.74, 6) is -0.764.